The summed E-state index contributed by atoms with van der Waals surface area (Å²) in [6.07, 6.45) is 4.01. The summed E-state index contributed by atoms with van der Waals surface area (Å²) in [6, 6.07) is 5.55. The molecule has 2 nitrogen and oxygen atoms in total. The van der Waals surface area contributed by atoms with Crippen molar-refractivity contribution in [3.05, 3.63) is 29.6 Å². The molecule has 0 bridgehead atoms. The maximum absolute atomic E-state index is 14.3. The normalized spacial score (nSPS) is 26.7. The van der Waals surface area contributed by atoms with Gasteiger partial charge in [-0.2, -0.15) is 0 Å². The van der Waals surface area contributed by atoms with Crippen LogP contribution in [0.1, 0.15) is 45.6 Å². The topological polar surface area (TPSA) is 35.2 Å². The minimum absolute atomic E-state index is 0.175. The van der Waals surface area contributed by atoms with Crippen LogP contribution in [-0.2, 0) is 6.42 Å². The first-order valence-electron chi connectivity index (χ1n) is 7.90. The lowest BCUT2D eigenvalue weighted by atomic mass is 9.66. The predicted octanol–water partition coefficient (Wildman–Crippen LogP) is 4.17. The molecule has 0 aliphatic heterocycles. The Labute approximate surface area is 127 Å². The molecule has 0 aromatic heterocycles. The van der Waals surface area contributed by atoms with Gasteiger partial charge in [0.2, 0.25) is 0 Å². The largest absolute Gasteiger partial charge is 0.494 e. The van der Waals surface area contributed by atoms with Gasteiger partial charge in [-0.3, -0.25) is 0 Å². The number of ether oxygens (including phenoxy) is 1. The highest BCUT2D eigenvalue weighted by atomic mass is 19.1. The molecule has 1 aromatic carbocycles. The molecule has 1 aliphatic carbocycles. The first kappa shape index (κ1) is 16.3. The molecule has 1 aromatic rings. The monoisotopic (exact) mass is 293 g/mol. The van der Waals surface area contributed by atoms with Crippen LogP contribution in [0.2, 0.25) is 0 Å². The Balaban J connectivity index is 2.14. The van der Waals surface area contributed by atoms with Crippen LogP contribution in [0.5, 0.6) is 5.75 Å². The van der Waals surface area contributed by atoms with Crippen LogP contribution in [0.3, 0.4) is 0 Å². The van der Waals surface area contributed by atoms with Gasteiger partial charge < -0.3 is 10.5 Å². The Morgan fingerprint density at radius 2 is 2.00 bits per heavy atom. The Bertz CT molecular complexity index is 481. The van der Waals surface area contributed by atoms with E-state index in [4.69, 9.17) is 10.5 Å². The van der Waals surface area contributed by atoms with Gasteiger partial charge in [0.25, 0.3) is 0 Å². The van der Waals surface area contributed by atoms with Crippen LogP contribution in [0.15, 0.2) is 18.2 Å². The Morgan fingerprint density at radius 1 is 1.29 bits per heavy atom. The summed E-state index contributed by atoms with van der Waals surface area (Å²) in [6.45, 7) is 6.87. The third-order valence-corrected chi connectivity index (χ3v) is 5.01. The van der Waals surface area contributed by atoms with Crippen molar-refractivity contribution in [3.8, 4) is 5.75 Å². The van der Waals surface area contributed by atoms with Crippen molar-refractivity contribution in [1.82, 2.24) is 0 Å². The molecular formula is C18H28FNO. The third kappa shape index (κ3) is 3.76. The molecule has 3 atom stereocenters. The number of hydrogen-bond donors (Lipinski definition) is 1. The van der Waals surface area contributed by atoms with Crippen LogP contribution in [-0.4, -0.2) is 13.2 Å². The van der Waals surface area contributed by atoms with E-state index in [1.54, 1.807) is 6.07 Å². The summed E-state index contributed by atoms with van der Waals surface area (Å²) in [7, 11) is 1.50. The molecule has 0 amide bonds. The van der Waals surface area contributed by atoms with E-state index in [0.717, 1.165) is 18.4 Å². The van der Waals surface area contributed by atoms with E-state index >= 15 is 0 Å². The van der Waals surface area contributed by atoms with Crippen LogP contribution < -0.4 is 10.5 Å². The summed E-state index contributed by atoms with van der Waals surface area (Å²) >= 11 is 0. The molecule has 0 radical (unpaired) electrons. The molecule has 0 spiro atoms. The Kier molecular flexibility index (Phi) is 4.92. The fourth-order valence-electron chi connectivity index (χ4n) is 3.46. The fraction of sp³-hybridized carbons (Fsp3) is 0.667. The van der Waals surface area contributed by atoms with E-state index in [2.05, 4.69) is 20.8 Å². The SMILES string of the molecule is COc1cccc(CC2CC(C(C)(C)C)CCC2N)c1F. The number of rotatable bonds is 3. The van der Waals surface area contributed by atoms with E-state index in [1.807, 2.05) is 12.1 Å². The highest BCUT2D eigenvalue weighted by molar-refractivity contribution is 5.31. The standard InChI is InChI=1S/C18H28FNO/c1-18(2,3)14-8-9-15(20)13(11-14)10-12-6-5-7-16(21-4)17(12)19/h5-7,13-15H,8-11,20H2,1-4H3. The van der Waals surface area contributed by atoms with Crippen molar-refractivity contribution in [2.75, 3.05) is 7.11 Å². The van der Waals surface area contributed by atoms with Gasteiger partial charge in [-0.25, -0.2) is 4.39 Å². The molecule has 1 aliphatic rings. The summed E-state index contributed by atoms with van der Waals surface area (Å²) in [5.41, 5.74) is 7.32. The van der Waals surface area contributed by atoms with Gasteiger partial charge in [-0.05, 0) is 54.6 Å². The maximum Gasteiger partial charge on any atom is 0.168 e. The Morgan fingerprint density at radius 3 is 2.62 bits per heavy atom. The molecule has 2 N–H and O–H groups in total. The average molecular weight is 293 g/mol. The zero-order chi connectivity index (χ0) is 15.6. The van der Waals surface area contributed by atoms with Gasteiger partial charge >= 0.3 is 0 Å². The second-order valence-electron chi connectivity index (χ2n) is 7.44. The zero-order valence-corrected chi connectivity index (χ0v) is 13.7. The summed E-state index contributed by atoms with van der Waals surface area (Å²) in [5.74, 6) is 1.11. The molecule has 1 saturated carbocycles. The van der Waals surface area contributed by atoms with Crippen LogP contribution in [0.4, 0.5) is 4.39 Å². The minimum atomic E-state index is -0.231. The van der Waals surface area contributed by atoms with E-state index in [-0.39, 0.29) is 11.9 Å². The molecule has 3 heteroatoms. The summed E-state index contributed by atoms with van der Waals surface area (Å²) in [4.78, 5) is 0. The molecule has 21 heavy (non-hydrogen) atoms. The number of hydrogen-bond acceptors (Lipinski definition) is 2. The fourth-order valence-corrected chi connectivity index (χ4v) is 3.46. The highest BCUT2D eigenvalue weighted by Crippen LogP contribution is 2.41. The van der Waals surface area contributed by atoms with Crippen molar-refractivity contribution in [2.24, 2.45) is 23.0 Å². The van der Waals surface area contributed by atoms with E-state index in [0.29, 0.717) is 29.4 Å². The molecular weight excluding hydrogens is 265 g/mol. The van der Waals surface area contributed by atoms with Crippen molar-refractivity contribution in [3.63, 3.8) is 0 Å². The molecule has 3 unspecified atom stereocenters. The van der Waals surface area contributed by atoms with Gasteiger partial charge in [0.05, 0.1) is 7.11 Å². The third-order valence-electron chi connectivity index (χ3n) is 5.01. The lowest BCUT2D eigenvalue weighted by molar-refractivity contribution is 0.126. The van der Waals surface area contributed by atoms with Crippen molar-refractivity contribution >= 4 is 0 Å². The van der Waals surface area contributed by atoms with Gasteiger partial charge in [-0.15, -0.1) is 0 Å². The summed E-state index contributed by atoms with van der Waals surface area (Å²) < 4.78 is 19.4. The first-order chi connectivity index (χ1) is 9.82. The van der Waals surface area contributed by atoms with E-state index < -0.39 is 0 Å². The minimum Gasteiger partial charge on any atom is -0.494 e. The van der Waals surface area contributed by atoms with Crippen molar-refractivity contribution in [2.45, 2.75) is 52.5 Å². The number of nitrogens with two attached hydrogens (primary N) is 1. The lowest BCUT2D eigenvalue weighted by Gasteiger charge is -2.40. The molecule has 2 rings (SSSR count). The van der Waals surface area contributed by atoms with Gasteiger partial charge in [0, 0.05) is 6.04 Å². The first-order valence-corrected chi connectivity index (χ1v) is 7.90. The van der Waals surface area contributed by atoms with Crippen LogP contribution in [0, 0.1) is 23.1 Å². The second-order valence-corrected chi connectivity index (χ2v) is 7.44. The molecule has 0 saturated heterocycles. The molecule has 118 valence electrons. The smallest absolute Gasteiger partial charge is 0.168 e. The van der Waals surface area contributed by atoms with Crippen molar-refractivity contribution < 1.29 is 9.13 Å². The highest BCUT2D eigenvalue weighted by Gasteiger charge is 2.34. The van der Waals surface area contributed by atoms with Crippen LogP contribution in [0.25, 0.3) is 0 Å². The van der Waals surface area contributed by atoms with Crippen molar-refractivity contribution in [1.29, 1.82) is 0 Å². The number of halogens is 1. The summed E-state index contributed by atoms with van der Waals surface area (Å²) in [5, 5.41) is 0. The Hall–Kier alpha value is -1.09. The average Bonchev–Trinajstić information content (AvgIpc) is 2.42. The quantitative estimate of drug-likeness (QED) is 0.908. The number of benzene rings is 1. The second kappa shape index (κ2) is 6.35. The number of methoxy groups -OCH3 is 1. The predicted molar refractivity (Wildman–Crippen MR) is 84.9 cm³/mol. The lowest BCUT2D eigenvalue weighted by Crippen LogP contribution is -2.40. The van der Waals surface area contributed by atoms with Crippen LogP contribution >= 0.6 is 0 Å². The van der Waals surface area contributed by atoms with Gasteiger partial charge in [-0.1, -0.05) is 32.9 Å². The van der Waals surface area contributed by atoms with E-state index in [9.17, 15) is 4.39 Å². The maximum atomic E-state index is 14.3. The van der Waals surface area contributed by atoms with Gasteiger partial charge in [0.15, 0.2) is 11.6 Å². The molecule has 0 heterocycles. The van der Waals surface area contributed by atoms with Gasteiger partial charge in [0.1, 0.15) is 0 Å². The zero-order valence-electron chi connectivity index (χ0n) is 13.7. The van der Waals surface area contributed by atoms with E-state index in [1.165, 1.54) is 13.5 Å². The molecule has 1 fully saturated rings.